The maximum atomic E-state index is 9.45. The highest BCUT2D eigenvalue weighted by atomic mass is 16.3. The van der Waals surface area contributed by atoms with E-state index in [1.54, 1.807) is 9.80 Å². The molecule has 2 aliphatic heterocycles. The Morgan fingerprint density at radius 3 is 1.61 bits per heavy atom. The first-order valence-electron chi connectivity index (χ1n) is 5.80. The number of hydrogen-bond acceptors (Lipinski definition) is 4. The van der Waals surface area contributed by atoms with E-state index in [1.165, 1.54) is 0 Å². The van der Waals surface area contributed by atoms with Crippen LogP contribution in [-0.2, 0) is 0 Å². The summed E-state index contributed by atoms with van der Waals surface area (Å²) in [6.45, 7) is -0.173. The zero-order chi connectivity index (χ0) is 12.5. The van der Waals surface area contributed by atoms with Crippen molar-refractivity contribution < 1.29 is 10.2 Å². The van der Waals surface area contributed by atoms with Gasteiger partial charge >= 0.3 is 0 Å². The minimum absolute atomic E-state index is 0.0865. The zero-order valence-electron chi connectivity index (χ0n) is 9.82. The van der Waals surface area contributed by atoms with Gasteiger partial charge in [0.2, 0.25) is 0 Å². The van der Waals surface area contributed by atoms with E-state index in [1.807, 2.05) is 48.8 Å². The molecule has 0 saturated heterocycles. The molecular formula is C14H14N2O2. The quantitative estimate of drug-likeness (QED) is 0.755. The second-order valence-electron chi connectivity index (χ2n) is 4.18. The van der Waals surface area contributed by atoms with E-state index in [0.717, 1.165) is 21.8 Å². The molecule has 0 aliphatic carbocycles. The van der Waals surface area contributed by atoms with Crippen molar-refractivity contribution >= 4 is 23.5 Å². The molecule has 0 unspecified atom stereocenters. The van der Waals surface area contributed by atoms with Gasteiger partial charge in [-0.15, -0.1) is 0 Å². The summed E-state index contributed by atoms with van der Waals surface area (Å²) in [5.41, 5.74) is 1.85. The molecule has 2 N–H and O–H groups in total. The maximum absolute atomic E-state index is 9.45. The molecule has 0 radical (unpaired) electrons. The van der Waals surface area contributed by atoms with Crippen molar-refractivity contribution in [1.29, 1.82) is 0 Å². The highest BCUT2D eigenvalue weighted by Gasteiger charge is 2.18. The minimum atomic E-state index is -0.0865. The van der Waals surface area contributed by atoms with E-state index < -0.39 is 0 Å². The third-order valence-corrected chi connectivity index (χ3v) is 3.18. The second kappa shape index (κ2) is 4.33. The fourth-order valence-electron chi connectivity index (χ4n) is 2.37. The monoisotopic (exact) mass is 242 g/mol. The molecule has 1 aromatic carbocycles. The van der Waals surface area contributed by atoms with Crippen molar-refractivity contribution in [2.24, 2.45) is 0 Å². The molecule has 1 aromatic rings. The van der Waals surface area contributed by atoms with Gasteiger partial charge in [0, 0.05) is 22.8 Å². The van der Waals surface area contributed by atoms with Crippen LogP contribution < -0.4 is 20.2 Å². The Kier molecular flexibility index (Phi) is 2.66. The highest BCUT2D eigenvalue weighted by Crippen LogP contribution is 2.25. The van der Waals surface area contributed by atoms with E-state index in [-0.39, 0.29) is 13.5 Å². The van der Waals surface area contributed by atoms with Crippen molar-refractivity contribution in [2.75, 3.05) is 23.3 Å². The van der Waals surface area contributed by atoms with E-state index >= 15 is 0 Å². The van der Waals surface area contributed by atoms with E-state index in [2.05, 4.69) is 0 Å². The molecule has 0 aromatic heterocycles. The van der Waals surface area contributed by atoms with Crippen LogP contribution in [0.2, 0.25) is 0 Å². The van der Waals surface area contributed by atoms with Gasteiger partial charge < -0.3 is 20.0 Å². The average Bonchev–Trinajstić information content (AvgIpc) is 2.45. The van der Waals surface area contributed by atoms with E-state index in [0.29, 0.717) is 0 Å². The number of fused-ring (bicyclic) bond motifs is 3. The summed E-state index contributed by atoms with van der Waals surface area (Å²) in [7, 11) is 0. The lowest BCUT2D eigenvalue weighted by Gasteiger charge is -2.29. The molecule has 0 amide bonds. The van der Waals surface area contributed by atoms with Crippen LogP contribution in [0.5, 0.6) is 0 Å². The molecule has 4 nitrogen and oxygen atoms in total. The third kappa shape index (κ3) is 1.54. The molecule has 0 bridgehead atoms. The molecule has 0 saturated carbocycles. The number of aliphatic hydroxyl groups is 2. The molecule has 4 heteroatoms. The van der Waals surface area contributed by atoms with Crippen molar-refractivity contribution in [1.82, 2.24) is 0 Å². The first-order chi connectivity index (χ1) is 8.85. The summed E-state index contributed by atoms with van der Waals surface area (Å²) >= 11 is 0. The molecule has 18 heavy (non-hydrogen) atoms. The second-order valence-corrected chi connectivity index (χ2v) is 4.18. The average molecular weight is 242 g/mol. The number of anilines is 2. The van der Waals surface area contributed by atoms with Crippen molar-refractivity contribution in [3.63, 3.8) is 0 Å². The van der Waals surface area contributed by atoms with Gasteiger partial charge in [0.1, 0.15) is 13.5 Å². The van der Waals surface area contributed by atoms with Crippen molar-refractivity contribution in [3.05, 3.63) is 47.1 Å². The maximum Gasteiger partial charge on any atom is 0.119 e. The van der Waals surface area contributed by atoms with Crippen LogP contribution in [0.3, 0.4) is 0 Å². The predicted octanol–water partition coefficient (Wildman–Crippen LogP) is -0.185. The smallest absolute Gasteiger partial charge is 0.119 e. The first-order valence-corrected chi connectivity index (χ1v) is 5.80. The molecular weight excluding hydrogens is 228 g/mol. The van der Waals surface area contributed by atoms with Gasteiger partial charge in [-0.3, -0.25) is 0 Å². The Morgan fingerprint density at radius 2 is 1.22 bits per heavy atom. The minimum Gasteiger partial charge on any atom is -0.376 e. The van der Waals surface area contributed by atoms with Crippen LogP contribution >= 0.6 is 0 Å². The SMILES string of the molecule is OCN1C=CC=c2ccc3c(c21)N(CO)C=CC=3. The van der Waals surface area contributed by atoms with Crippen molar-refractivity contribution in [2.45, 2.75) is 0 Å². The number of nitrogens with zero attached hydrogens (tertiary/aromatic N) is 2. The van der Waals surface area contributed by atoms with Gasteiger partial charge in [-0.2, -0.15) is 0 Å². The molecule has 2 heterocycles. The zero-order valence-corrected chi connectivity index (χ0v) is 9.82. The van der Waals surface area contributed by atoms with E-state index in [4.69, 9.17) is 0 Å². The van der Waals surface area contributed by atoms with Crippen LogP contribution in [-0.4, -0.2) is 23.7 Å². The van der Waals surface area contributed by atoms with Gasteiger partial charge in [-0.25, -0.2) is 0 Å². The molecule has 0 fully saturated rings. The Hall–Kier alpha value is -2.04. The normalized spacial score (nSPS) is 15.9. The molecule has 92 valence electrons. The summed E-state index contributed by atoms with van der Waals surface area (Å²) < 4.78 is 0. The molecule has 0 atom stereocenters. The summed E-state index contributed by atoms with van der Waals surface area (Å²) in [5, 5.41) is 21.0. The molecule has 0 spiro atoms. The van der Waals surface area contributed by atoms with Gasteiger partial charge in [0.05, 0.1) is 11.4 Å². The summed E-state index contributed by atoms with van der Waals surface area (Å²) in [6, 6.07) is 4.04. The number of rotatable bonds is 2. The standard InChI is InChI=1S/C14H14N2O2/c17-9-15-7-1-3-11-5-6-12-4-2-8-16(10-18)14(12)13(11)15/h1-8,17-18H,9-10H2. The summed E-state index contributed by atoms with van der Waals surface area (Å²) in [5.74, 6) is 0. The summed E-state index contributed by atoms with van der Waals surface area (Å²) in [4.78, 5) is 3.54. The van der Waals surface area contributed by atoms with Gasteiger partial charge in [-0.1, -0.05) is 24.3 Å². The van der Waals surface area contributed by atoms with Crippen LogP contribution in [0.1, 0.15) is 0 Å². The lowest BCUT2D eigenvalue weighted by molar-refractivity contribution is 0.299. The Morgan fingerprint density at radius 1 is 0.778 bits per heavy atom. The predicted molar refractivity (Wildman–Crippen MR) is 72.0 cm³/mol. The van der Waals surface area contributed by atoms with Gasteiger partial charge in [0.15, 0.2) is 0 Å². The van der Waals surface area contributed by atoms with Crippen LogP contribution in [0.4, 0.5) is 11.4 Å². The van der Waals surface area contributed by atoms with Crippen LogP contribution in [0, 0.1) is 0 Å². The number of hydrogen-bond donors (Lipinski definition) is 2. The van der Waals surface area contributed by atoms with Crippen LogP contribution in [0.25, 0.3) is 12.2 Å². The van der Waals surface area contributed by atoms with Gasteiger partial charge in [-0.05, 0) is 12.2 Å². The lowest BCUT2D eigenvalue weighted by Crippen LogP contribution is -2.35. The topological polar surface area (TPSA) is 46.9 Å². The van der Waals surface area contributed by atoms with E-state index in [9.17, 15) is 10.2 Å². The number of allylic oxidation sites excluding steroid dienone is 2. The molecule has 2 aliphatic rings. The largest absolute Gasteiger partial charge is 0.376 e. The number of benzene rings is 1. The fourth-order valence-corrected chi connectivity index (χ4v) is 2.37. The van der Waals surface area contributed by atoms with Crippen LogP contribution in [0.15, 0.2) is 36.7 Å². The highest BCUT2D eigenvalue weighted by molar-refractivity contribution is 5.80. The molecule has 3 rings (SSSR count). The van der Waals surface area contributed by atoms with Crippen molar-refractivity contribution in [3.8, 4) is 0 Å². The Labute approximate surface area is 105 Å². The van der Waals surface area contributed by atoms with Gasteiger partial charge in [0.25, 0.3) is 0 Å². The first kappa shape index (κ1) is 11.1. The summed E-state index contributed by atoms with van der Waals surface area (Å²) in [6.07, 6.45) is 11.4. The number of aliphatic hydroxyl groups excluding tert-OH is 2. The third-order valence-electron chi connectivity index (χ3n) is 3.18. The Bertz CT molecular complexity index is 589. The fraction of sp³-hybridized carbons (Fsp3) is 0.143. The lowest BCUT2D eigenvalue weighted by atomic mass is 10.1. The Balaban J connectivity index is 2.32.